The molecule has 2 aromatic carbocycles. The maximum atomic E-state index is 14.5. The van der Waals surface area contributed by atoms with Crippen molar-refractivity contribution in [3.05, 3.63) is 108 Å². The Morgan fingerprint density at radius 2 is 1.54 bits per heavy atom. The van der Waals surface area contributed by atoms with Crippen molar-refractivity contribution in [3.63, 3.8) is 0 Å². The molecule has 0 aliphatic heterocycles. The van der Waals surface area contributed by atoms with E-state index in [2.05, 4.69) is 18.1 Å². The zero-order valence-electron chi connectivity index (χ0n) is 27.3. The fourth-order valence-electron chi connectivity index (χ4n) is 4.44. The van der Waals surface area contributed by atoms with E-state index in [9.17, 15) is 40.7 Å². The number of rotatable bonds is 14. The fourth-order valence-corrected chi connectivity index (χ4v) is 4.44. The first-order valence-electron chi connectivity index (χ1n) is 15.0. The highest BCUT2D eigenvalue weighted by Gasteiger charge is 2.61. The second-order valence-corrected chi connectivity index (χ2v) is 11.8. The lowest BCUT2D eigenvalue weighted by atomic mass is 9.96. The first-order chi connectivity index (χ1) is 23.3. The lowest BCUT2D eigenvalue weighted by molar-refractivity contribution is -0.269. The number of nitrogens with zero attached hydrogens (tertiary/aromatic N) is 1. The summed E-state index contributed by atoms with van der Waals surface area (Å²) in [4.78, 5) is 43.1. The number of alkyl halides is 6. The summed E-state index contributed by atoms with van der Waals surface area (Å²) in [5.74, 6) is -4.25. The molecular formula is C35H35F6N3O6. The van der Waals surface area contributed by atoms with Gasteiger partial charge in [-0.3, -0.25) is 14.9 Å². The van der Waals surface area contributed by atoms with Crippen LogP contribution >= 0.6 is 0 Å². The lowest BCUT2D eigenvalue weighted by Crippen LogP contribution is -2.59. The van der Waals surface area contributed by atoms with E-state index in [-0.39, 0.29) is 12.2 Å². The number of ether oxygens (including phenoxy) is 3. The maximum absolute atomic E-state index is 14.5. The Labute approximate surface area is 284 Å². The molecule has 0 spiro atoms. The number of aromatic nitrogens is 1. The van der Waals surface area contributed by atoms with Crippen LogP contribution in [0.3, 0.4) is 0 Å². The molecule has 0 saturated carbocycles. The van der Waals surface area contributed by atoms with Crippen LogP contribution in [0.25, 0.3) is 0 Å². The molecule has 2 N–H and O–H groups in total. The highest BCUT2D eigenvalue weighted by atomic mass is 19.4. The number of Topliss-reactive ketones (excluding diaryl/α,β-unsaturated/α-hetero) is 1. The van der Waals surface area contributed by atoms with Crippen molar-refractivity contribution in [2.24, 2.45) is 0 Å². The Kier molecular flexibility index (Phi) is 12.6. The second kappa shape index (κ2) is 16.0. The number of allylic oxidation sites excluding steroid dienone is 1. The van der Waals surface area contributed by atoms with Gasteiger partial charge in [0, 0.05) is 6.42 Å². The number of amides is 2. The van der Waals surface area contributed by atoms with Crippen LogP contribution in [0.5, 0.6) is 11.6 Å². The van der Waals surface area contributed by atoms with Crippen LogP contribution in [0.1, 0.15) is 54.4 Å². The molecule has 0 radical (unpaired) electrons. The van der Waals surface area contributed by atoms with Crippen molar-refractivity contribution < 1.29 is 54.9 Å². The molecule has 15 heteroatoms. The van der Waals surface area contributed by atoms with Gasteiger partial charge in [-0.05, 0) is 50.5 Å². The number of pyridine rings is 1. The van der Waals surface area contributed by atoms with Crippen molar-refractivity contribution in [2.45, 2.75) is 63.8 Å². The Hall–Kier alpha value is -5.18. The van der Waals surface area contributed by atoms with Crippen LogP contribution < -0.4 is 15.4 Å². The molecule has 0 fully saturated rings. The number of carbonyl (C=O) groups is 3. The van der Waals surface area contributed by atoms with Gasteiger partial charge < -0.3 is 19.5 Å². The average Bonchev–Trinajstić information content (AvgIpc) is 3.01. The molecule has 3 rings (SSSR count). The van der Waals surface area contributed by atoms with E-state index in [1.54, 1.807) is 30.3 Å². The number of nitrogens with one attached hydrogen (secondary N) is 2. The largest absolute Gasteiger partial charge is 0.444 e. The smallest absolute Gasteiger partial charge is 0.426 e. The van der Waals surface area contributed by atoms with Crippen LogP contribution in [-0.4, -0.2) is 46.7 Å². The summed E-state index contributed by atoms with van der Waals surface area (Å²) in [6.07, 6.45) is -10.3. The van der Waals surface area contributed by atoms with E-state index in [4.69, 9.17) is 14.2 Å². The predicted octanol–water partition coefficient (Wildman–Crippen LogP) is 8.36. The summed E-state index contributed by atoms with van der Waals surface area (Å²) in [6, 6.07) is 14.0. The Bertz CT molecular complexity index is 1700. The van der Waals surface area contributed by atoms with Crippen LogP contribution in [0.2, 0.25) is 0 Å². The van der Waals surface area contributed by atoms with Crippen molar-refractivity contribution in [2.75, 3.05) is 11.9 Å². The van der Waals surface area contributed by atoms with E-state index < -0.39 is 83.7 Å². The van der Waals surface area contributed by atoms with Gasteiger partial charge in [0.25, 0.3) is 5.91 Å². The quantitative estimate of drug-likeness (QED) is 0.0983. The van der Waals surface area contributed by atoms with Crippen LogP contribution in [-0.2, 0) is 33.5 Å². The number of hydrogen-bond acceptors (Lipinski definition) is 7. The van der Waals surface area contributed by atoms with Gasteiger partial charge >= 0.3 is 18.4 Å². The van der Waals surface area contributed by atoms with Crippen molar-refractivity contribution in [3.8, 4) is 11.6 Å². The van der Waals surface area contributed by atoms with Gasteiger partial charge in [0.05, 0.1) is 18.8 Å². The third-order valence-electron chi connectivity index (χ3n) is 6.73. The zero-order chi connectivity index (χ0) is 37.3. The number of para-hydroxylation sites is 1. The number of anilines is 1. The fraction of sp³-hybridized carbons (Fsp3) is 0.314. The molecule has 1 heterocycles. The first kappa shape index (κ1) is 39.3. The highest BCUT2D eigenvalue weighted by molar-refractivity contribution is 6.05. The molecule has 50 heavy (non-hydrogen) atoms. The summed E-state index contributed by atoms with van der Waals surface area (Å²) in [5.41, 5.74) is -7.10. The zero-order valence-corrected chi connectivity index (χ0v) is 27.3. The van der Waals surface area contributed by atoms with Gasteiger partial charge in [0.1, 0.15) is 22.6 Å². The number of ketones is 1. The molecule has 1 aromatic heterocycles. The molecular weight excluding hydrogens is 672 g/mol. The summed E-state index contributed by atoms with van der Waals surface area (Å²) in [7, 11) is 0. The van der Waals surface area contributed by atoms with E-state index in [0.717, 1.165) is 6.08 Å². The number of halogens is 6. The van der Waals surface area contributed by atoms with Gasteiger partial charge in [-0.1, -0.05) is 60.7 Å². The average molecular weight is 708 g/mol. The number of hydrogen-bond donors (Lipinski definition) is 2. The number of carbonyl (C=O) groups excluding carboxylic acids is 3. The normalized spacial score (nSPS) is 13.1. The highest BCUT2D eigenvalue weighted by Crippen LogP contribution is 2.41. The van der Waals surface area contributed by atoms with Gasteiger partial charge in [-0.25, -0.2) is 9.78 Å². The minimum absolute atomic E-state index is 0.0695. The van der Waals surface area contributed by atoms with Gasteiger partial charge in [-0.2, -0.15) is 26.3 Å². The molecule has 0 bridgehead atoms. The first-order valence-corrected chi connectivity index (χ1v) is 15.0. The minimum Gasteiger partial charge on any atom is -0.444 e. The Morgan fingerprint density at radius 1 is 0.900 bits per heavy atom. The summed E-state index contributed by atoms with van der Waals surface area (Å²) in [6.45, 7) is 9.46. The topological polar surface area (TPSA) is 116 Å². The lowest BCUT2D eigenvalue weighted by Gasteiger charge is -2.33. The third kappa shape index (κ3) is 10.2. The maximum Gasteiger partial charge on any atom is 0.426 e. The standard InChI is InChI=1S/C35H35F6N3O6/c1-6-13-23-16-11-12-17-27(23)49-29-24(34(36,37)38)19-25(43-31(47)50-32(3,4)5)28(44-29)26(45)20-42-30(46)33(18-7-2,35(39,40)41)48-21-22-14-9-8-10-15-22/h6-12,14-17,19H,1-2,13,18,20-21H2,3-5H3,(H,42,46)(H,43,47). The molecule has 3 aromatic rings. The monoisotopic (exact) mass is 707 g/mol. The molecule has 2 amide bonds. The summed E-state index contributed by atoms with van der Waals surface area (Å²) < 4.78 is 102. The Morgan fingerprint density at radius 3 is 2.12 bits per heavy atom. The molecule has 1 unspecified atom stereocenters. The van der Waals surface area contributed by atoms with Crippen LogP contribution in [0.15, 0.2) is 86.0 Å². The molecule has 0 aliphatic rings. The van der Waals surface area contributed by atoms with E-state index in [1.807, 2.05) is 10.6 Å². The molecule has 1 atom stereocenters. The van der Waals surface area contributed by atoms with Gasteiger partial charge in [0.15, 0.2) is 0 Å². The molecule has 0 aliphatic carbocycles. The number of benzene rings is 2. The van der Waals surface area contributed by atoms with E-state index in [1.165, 1.54) is 51.1 Å². The van der Waals surface area contributed by atoms with Gasteiger partial charge in [0.2, 0.25) is 17.3 Å². The second-order valence-electron chi connectivity index (χ2n) is 11.8. The van der Waals surface area contributed by atoms with Gasteiger partial charge in [-0.15, -0.1) is 13.2 Å². The molecule has 9 nitrogen and oxygen atoms in total. The van der Waals surface area contributed by atoms with Crippen molar-refractivity contribution in [1.29, 1.82) is 0 Å². The Balaban J connectivity index is 2.07. The predicted molar refractivity (Wildman–Crippen MR) is 172 cm³/mol. The SMILES string of the molecule is C=CCc1ccccc1Oc1nc(C(=O)CNC(=O)C(CC=C)(OCc2ccccc2)C(F)(F)F)c(NC(=O)OC(C)(C)C)cc1C(F)(F)F. The van der Waals surface area contributed by atoms with Crippen LogP contribution in [0.4, 0.5) is 36.8 Å². The van der Waals surface area contributed by atoms with Crippen LogP contribution in [0, 0.1) is 0 Å². The van der Waals surface area contributed by atoms with E-state index >= 15 is 0 Å². The van der Waals surface area contributed by atoms with E-state index in [0.29, 0.717) is 17.2 Å². The summed E-state index contributed by atoms with van der Waals surface area (Å²) in [5, 5.41) is 3.91. The third-order valence-corrected chi connectivity index (χ3v) is 6.73. The molecule has 0 saturated heterocycles. The minimum atomic E-state index is -5.31. The van der Waals surface area contributed by atoms with Crippen molar-refractivity contribution >= 4 is 23.5 Å². The van der Waals surface area contributed by atoms with Crippen molar-refractivity contribution in [1.82, 2.24) is 10.3 Å². The molecule has 268 valence electrons. The summed E-state index contributed by atoms with van der Waals surface area (Å²) >= 11 is 0.